The molecule has 0 aliphatic carbocycles. The van der Waals surface area contributed by atoms with Crippen LogP contribution in [0, 0.1) is 0 Å². The first-order chi connectivity index (χ1) is 7.25. The molecular formula is C10H13NO3S. The van der Waals surface area contributed by atoms with E-state index in [0.717, 1.165) is 24.3 Å². The van der Waals surface area contributed by atoms with E-state index in [2.05, 4.69) is 5.32 Å². The Kier molecular flexibility index (Phi) is 3.20. The molecule has 0 saturated carbocycles. The van der Waals surface area contributed by atoms with Crippen molar-refractivity contribution in [1.29, 1.82) is 0 Å². The van der Waals surface area contributed by atoms with E-state index < -0.39 is 5.97 Å². The Morgan fingerprint density at radius 3 is 2.80 bits per heavy atom. The fourth-order valence-corrected chi connectivity index (χ4v) is 2.68. The van der Waals surface area contributed by atoms with Gasteiger partial charge in [-0.15, -0.1) is 0 Å². The average molecular weight is 227 g/mol. The number of rotatable bonds is 3. The summed E-state index contributed by atoms with van der Waals surface area (Å²) in [4.78, 5) is 10.6. The summed E-state index contributed by atoms with van der Waals surface area (Å²) in [6, 6.07) is 3.56. The fourth-order valence-electron chi connectivity index (χ4n) is 1.57. The molecule has 2 rings (SSSR count). The topological polar surface area (TPSA) is 62.5 Å². The Morgan fingerprint density at radius 1 is 1.47 bits per heavy atom. The van der Waals surface area contributed by atoms with Crippen LogP contribution in [0.15, 0.2) is 16.5 Å². The van der Waals surface area contributed by atoms with E-state index in [1.807, 2.05) is 11.8 Å². The van der Waals surface area contributed by atoms with Gasteiger partial charge in [-0.25, -0.2) is 4.79 Å². The third-order valence-corrected chi connectivity index (χ3v) is 3.43. The number of hydrogen-bond donors (Lipinski definition) is 2. The highest BCUT2D eigenvalue weighted by Gasteiger charge is 2.15. The average Bonchev–Trinajstić information content (AvgIpc) is 2.68. The Labute approximate surface area is 92.0 Å². The third kappa shape index (κ3) is 2.68. The van der Waals surface area contributed by atoms with Crippen LogP contribution in [-0.4, -0.2) is 28.6 Å². The Morgan fingerprint density at radius 2 is 2.20 bits per heavy atom. The second kappa shape index (κ2) is 4.61. The van der Waals surface area contributed by atoms with Crippen molar-refractivity contribution in [3.05, 3.63) is 17.9 Å². The Hall–Kier alpha value is -1.10. The summed E-state index contributed by atoms with van der Waals surface area (Å²) >= 11 is 1.95. The van der Waals surface area contributed by atoms with Crippen molar-refractivity contribution in [3.8, 4) is 0 Å². The summed E-state index contributed by atoms with van der Waals surface area (Å²) in [6.45, 7) is 0. The molecule has 0 amide bonds. The van der Waals surface area contributed by atoms with Crippen LogP contribution in [0.3, 0.4) is 0 Å². The number of carbonyl (C=O) groups is 1. The molecule has 1 saturated heterocycles. The van der Waals surface area contributed by atoms with E-state index in [-0.39, 0.29) is 5.76 Å². The number of thioether (sulfide) groups is 1. The van der Waals surface area contributed by atoms with E-state index in [0.29, 0.717) is 11.9 Å². The van der Waals surface area contributed by atoms with E-state index in [1.54, 1.807) is 6.07 Å². The predicted molar refractivity (Wildman–Crippen MR) is 59.6 cm³/mol. The smallest absolute Gasteiger partial charge is 0.371 e. The highest BCUT2D eigenvalue weighted by atomic mass is 32.2. The molecule has 0 aromatic carbocycles. The molecule has 5 heteroatoms. The van der Waals surface area contributed by atoms with Crippen LogP contribution in [0.5, 0.6) is 0 Å². The lowest BCUT2D eigenvalue weighted by Crippen LogP contribution is -2.24. The molecular weight excluding hydrogens is 214 g/mol. The minimum absolute atomic E-state index is 0.0114. The minimum Gasteiger partial charge on any atom is -0.475 e. The van der Waals surface area contributed by atoms with Crippen molar-refractivity contribution in [2.45, 2.75) is 18.9 Å². The molecule has 1 aromatic rings. The van der Waals surface area contributed by atoms with Gasteiger partial charge in [-0.05, 0) is 30.4 Å². The van der Waals surface area contributed by atoms with Crippen molar-refractivity contribution in [1.82, 2.24) is 0 Å². The quantitative estimate of drug-likeness (QED) is 0.829. The van der Waals surface area contributed by atoms with Gasteiger partial charge in [-0.3, -0.25) is 0 Å². The van der Waals surface area contributed by atoms with Gasteiger partial charge in [0.2, 0.25) is 5.76 Å². The number of hydrogen-bond acceptors (Lipinski definition) is 4. The van der Waals surface area contributed by atoms with Crippen molar-refractivity contribution in [2.24, 2.45) is 0 Å². The number of nitrogens with one attached hydrogen (secondary N) is 1. The summed E-state index contributed by atoms with van der Waals surface area (Å²) in [5.74, 6) is 1.84. The maximum Gasteiger partial charge on any atom is 0.371 e. The zero-order valence-electron chi connectivity index (χ0n) is 8.23. The largest absolute Gasteiger partial charge is 0.475 e. The van der Waals surface area contributed by atoms with Gasteiger partial charge in [-0.2, -0.15) is 11.8 Å². The zero-order chi connectivity index (χ0) is 10.7. The van der Waals surface area contributed by atoms with Gasteiger partial charge in [0, 0.05) is 12.1 Å². The minimum atomic E-state index is -1.03. The molecule has 0 spiro atoms. The van der Waals surface area contributed by atoms with Crippen molar-refractivity contribution >= 4 is 23.6 Å². The molecule has 15 heavy (non-hydrogen) atoms. The summed E-state index contributed by atoms with van der Waals surface area (Å²) in [5, 5.41) is 11.9. The highest BCUT2D eigenvalue weighted by Crippen LogP contribution is 2.22. The fraction of sp³-hybridized carbons (Fsp3) is 0.500. The molecule has 2 heterocycles. The second-order valence-electron chi connectivity index (χ2n) is 3.50. The number of aromatic carboxylic acids is 1. The SMILES string of the molecule is O=C(O)c1ccc(NC2CCSCC2)o1. The van der Waals surface area contributed by atoms with Crippen LogP contribution in [0.4, 0.5) is 5.88 Å². The van der Waals surface area contributed by atoms with Crippen LogP contribution >= 0.6 is 11.8 Å². The number of carboxylic acids is 1. The number of furan rings is 1. The van der Waals surface area contributed by atoms with Crippen molar-refractivity contribution in [2.75, 3.05) is 16.8 Å². The van der Waals surface area contributed by atoms with E-state index >= 15 is 0 Å². The maximum absolute atomic E-state index is 10.6. The molecule has 82 valence electrons. The van der Waals surface area contributed by atoms with Gasteiger partial charge in [0.1, 0.15) is 0 Å². The van der Waals surface area contributed by atoms with Gasteiger partial charge < -0.3 is 14.8 Å². The first kappa shape index (κ1) is 10.4. The molecule has 1 aliphatic rings. The summed E-state index contributed by atoms with van der Waals surface area (Å²) in [5.41, 5.74) is 0. The predicted octanol–water partition coefficient (Wildman–Crippen LogP) is 2.29. The van der Waals surface area contributed by atoms with E-state index in [1.165, 1.54) is 6.07 Å². The van der Waals surface area contributed by atoms with Gasteiger partial charge in [0.25, 0.3) is 0 Å². The van der Waals surface area contributed by atoms with Gasteiger partial charge in [-0.1, -0.05) is 0 Å². The summed E-state index contributed by atoms with van der Waals surface area (Å²) in [7, 11) is 0. The number of carboxylic acid groups (broad SMARTS) is 1. The molecule has 2 N–H and O–H groups in total. The Balaban J connectivity index is 1.94. The normalized spacial score (nSPS) is 17.6. The number of anilines is 1. The van der Waals surface area contributed by atoms with E-state index in [9.17, 15) is 4.79 Å². The molecule has 0 bridgehead atoms. The molecule has 1 fully saturated rings. The van der Waals surface area contributed by atoms with E-state index in [4.69, 9.17) is 9.52 Å². The van der Waals surface area contributed by atoms with Crippen LogP contribution in [0.2, 0.25) is 0 Å². The molecule has 0 radical (unpaired) electrons. The van der Waals surface area contributed by atoms with Crippen LogP contribution in [0.25, 0.3) is 0 Å². The lowest BCUT2D eigenvalue weighted by atomic mass is 10.1. The lowest BCUT2D eigenvalue weighted by Gasteiger charge is -2.21. The van der Waals surface area contributed by atoms with Crippen molar-refractivity contribution in [3.63, 3.8) is 0 Å². The highest BCUT2D eigenvalue weighted by molar-refractivity contribution is 7.99. The summed E-state index contributed by atoms with van der Waals surface area (Å²) in [6.07, 6.45) is 2.21. The first-order valence-electron chi connectivity index (χ1n) is 4.93. The molecule has 1 aromatic heterocycles. The Bertz CT molecular complexity index is 344. The van der Waals surface area contributed by atoms with Gasteiger partial charge in [0.05, 0.1) is 0 Å². The monoisotopic (exact) mass is 227 g/mol. The zero-order valence-corrected chi connectivity index (χ0v) is 9.05. The van der Waals surface area contributed by atoms with Crippen molar-refractivity contribution < 1.29 is 14.3 Å². The van der Waals surface area contributed by atoms with Gasteiger partial charge >= 0.3 is 5.97 Å². The first-order valence-corrected chi connectivity index (χ1v) is 6.08. The maximum atomic E-state index is 10.6. The van der Waals surface area contributed by atoms with Crippen LogP contribution < -0.4 is 5.32 Å². The van der Waals surface area contributed by atoms with Crippen LogP contribution in [-0.2, 0) is 0 Å². The molecule has 0 atom stereocenters. The molecule has 0 unspecified atom stereocenters. The molecule has 1 aliphatic heterocycles. The second-order valence-corrected chi connectivity index (χ2v) is 4.72. The standard InChI is InChI=1S/C10H13NO3S/c12-10(13)8-1-2-9(14-8)11-7-3-5-15-6-4-7/h1-2,7,11H,3-6H2,(H,12,13). The molecule has 4 nitrogen and oxygen atoms in total. The van der Waals surface area contributed by atoms with Gasteiger partial charge in [0.15, 0.2) is 5.88 Å². The van der Waals surface area contributed by atoms with Crippen LogP contribution in [0.1, 0.15) is 23.4 Å². The lowest BCUT2D eigenvalue weighted by molar-refractivity contribution is 0.0663. The summed E-state index contributed by atoms with van der Waals surface area (Å²) < 4.78 is 5.13. The third-order valence-electron chi connectivity index (χ3n) is 2.38.